The molecule has 0 radical (unpaired) electrons. The molecule has 4 rings (SSSR count). The molecule has 21 heavy (non-hydrogen) atoms. The maximum atomic E-state index is 3.92. The first-order chi connectivity index (χ1) is 10.3. The van der Waals surface area contributed by atoms with Crippen LogP contribution in [0.4, 0.5) is 0 Å². The van der Waals surface area contributed by atoms with Gasteiger partial charge in [0, 0.05) is 4.70 Å². The Bertz CT molecular complexity index is 918. The maximum absolute atomic E-state index is 3.92. The fraction of sp³-hybridized carbons (Fsp3) is 0.0526. The summed E-state index contributed by atoms with van der Waals surface area (Å²) in [7, 11) is 0. The van der Waals surface area contributed by atoms with Crippen LogP contribution in [0.2, 0.25) is 0 Å². The van der Waals surface area contributed by atoms with Crippen molar-refractivity contribution in [1.29, 1.82) is 0 Å². The van der Waals surface area contributed by atoms with E-state index in [2.05, 4.69) is 88.0 Å². The molecule has 0 nitrogen and oxygen atoms in total. The van der Waals surface area contributed by atoms with Crippen LogP contribution in [-0.4, -0.2) is 0 Å². The van der Waals surface area contributed by atoms with Gasteiger partial charge in [-0.3, -0.25) is 0 Å². The third-order valence-corrected chi connectivity index (χ3v) is 5.85. The standard InChI is InChI=1S/C19H13BrS/c20-19(17-12-21-18-11-4-3-9-15(17)18)16-10-5-7-13-6-1-2-8-14(13)16/h1-12,19H. The molecule has 0 aliphatic rings. The summed E-state index contributed by atoms with van der Waals surface area (Å²) >= 11 is 5.73. The Morgan fingerprint density at radius 3 is 2.33 bits per heavy atom. The maximum Gasteiger partial charge on any atom is 0.0664 e. The van der Waals surface area contributed by atoms with Crippen molar-refractivity contribution >= 4 is 48.1 Å². The molecule has 1 heterocycles. The van der Waals surface area contributed by atoms with Crippen molar-refractivity contribution in [2.24, 2.45) is 0 Å². The molecule has 1 unspecified atom stereocenters. The third-order valence-electron chi connectivity index (χ3n) is 3.88. The van der Waals surface area contributed by atoms with Gasteiger partial charge >= 0.3 is 0 Å². The number of halogens is 1. The Labute approximate surface area is 136 Å². The van der Waals surface area contributed by atoms with Crippen LogP contribution in [0.15, 0.2) is 72.1 Å². The van der Waals surface area contributed by atoms with Crippen LogP contribution in [0.25, 0.3) is 20.9 Å². The van der Waals surface area contributed by atoms with E-state index >= 15 is 0 Å². The molecule has 4 aromatic rings. The fourth-order valence-electron chi connectivity index (χ4n) is 2.83. The Balaban J connectivity index is 1.92. The molecule has 0 aliphatic carbocycles. The van der Waals surface area contributed by atoms with E-state index in [1.807, 2.05) is 11.3 Å². The minimum Gasteiger partial charge on any atom is -0.143 e. The first-order valence-electron chi connectivity index (χ1n) is 6.92. The van der Waals surface area contributed by atoms with Gasteiger partial charge in [-0.15, -0.1) is 11.3 Å². The van der Waals surface area contributed by atoms with Crippen LogP contribution < -0.4 is 0 Å². The van der Waals surface area contributed by atoms with E-state index in [-0.39, 0.29) is 4.83 Å². The van der Waals surface area contributed by atoms with Gasteiger partial charge in [0.2, 0.25) is 0 Å². The molecular weight excluding hydrogens is 340 g/mol. The molecule has 1 aromatic heterocycles. The molecule has 0 fully saturated rings. The fourth-order valence-corrected chi connectivity index (χ4v) is 4.77. The third kappa shape index (κ3) is 2.19. The lowest BCUT2D eigenvalue weighted by Gasteiger charge is -2.13. The lowest BCUT2D eigenvalue weighted by atomic mass is 9.98. The van der Waals surface area contributed by atoms with E-state index in [1.165, 1.54) is 32.0 Å². The van der Waals surface area contributed by atoms with Crippen molar-refractivity contribution in [1.82, 2.24) is 0 Å². The monoisotopic (exact) mass is 352 g/mol. The number of hydrogen-bond donors (Lipinski definition) is 0. The Morgan fingerprint density at radius 1 is 0.714 bits per heavy atom. The number of hydrogen-bond acceptors (Lipinski definition) is 1. The van der Waals surface area contributed by atoms with E-state index in [4.69, 9.17) is 0 Å². The molecule has 0 saturated carbocycles. The Hall–Kier alpha value is -1.64. The van der Waals surface area contributed by atoms with Crippen LogP contribution in [0, 0.1) is 0 Å². The van der Waals surface area contributed by atoms with Gasteiger partial charge in [-0.2, -0.15) is 0 Å². The summed E-state index contributed by atoms with van der Waals surface area (Å²) in [5, 5.41) is 6.22. The van der Waals surface area contributed by atoms with Gasteiger partial charge in [0.25, 0.3) is 0 Å². The van der Waals surface area contributed by atoms with E-state index in [1.54, 1.807) is 0 Å². The summed E-state index contributed by atoms with van der Waals surface area (Å²) in [6.45, 7) is 0. The number of thiophene rings is 1. The zero-order valence-corrected chi connectivity index (χ0v) is 13.7. The second kappa shape index (κ2) is 5.28. The zero-order valence-electron chi connectivity index (χ0n) is 11.3. The van der Waals surface area contributed by atoms with Gasteiger partial charge in [0.15, 0.2) is 0 Å². The zero-order chi connectivity index (χ0) is 14.2. The van der Waals surface area contributed by atoms with E-state index < -0.39 is 0 Å². The summed E-state index contributed by atoms with van der Waals surface area (Å²) in [5.74, 6) is 0. The SMILES string of the molecule is BrC(c1cccc2ccccc12)c1csc2ccccc12. The predicted molar refractivity (Wildman–Crippen MR) is 96.5 cm³/mol. The number of fused-ring (bicyclic) bond motifs is 2. The minimum absolute atomic E-state index is 0.222. The highest BCUT2D eigenvalue weighted by molar-refractivity contribution is 9.09. The van der Waals surface area contributed by atoms with Gasteiger partial charge < -0.3 is 0 Å². The highest BCUT2D eigenvalue weighted by Crippen LogP contribution is 2.40. The highest BCUT2D eigenvalue weighted by atomic mass is 79.9. The van der Waals surface area contributed by atoms with Crippen LogP contribution in [0.5, 0.6) is 0 Å². The quantitative estimate of drug-likeness (QED) is 0.359. The molecule has 0 bridgehead atoms. The first kappa shape index (κ1) is 13.1. The number of alkyl halides is 1. The number of benzene rings is 3. The average molecular weight is 353 g/mol. The molecule has 0 amide bonds. The lowest BCUT2D eigenvalue weighted by Crippen LogP contribution is -1.93. The lowest BCUT2D eigenvalue weighted by molar-refractivity contribution is 1.23. The second-order valence-corrected chi connectivity index (χ2v) is 6.95. The van der Waals surface area contributed by atoms with Crippen LogP contribution in [0.1, 0.15) is 16.0 Å². The van der Waals surface area contributed by atoms with Gasteiger partial charge in [0.1, 0.15) is 0 Å². The molecule has 0 N–H and O–H groups in total. The van der Waals surface area contributed by atoms with Crippen molar-refractivity contribution in [2.75, 3.05) is 0 Å². The minimum atomic E-state index is 0.222. The molecule has 102 valence electrons. The number of rotatable bonds is 2. The molecular formula is C19H13BrS. The molecule has 0 spiro atoms. The first-order valence-corrected chi connectivity index (χ1v) is 8.72. The summed E-state index contributed by atoms with van der Waals surface area (Å²) in [4.78, 5) is 0.222. The topological polar surface area (TPSA) is 0 Å². The average Bonchev–Trinajstić information content (AvgIpc) is 2.98. The van der Waals surface area contributed by atoms with E-state index in [0.717, 1.165) is 0 Å². The van der Waals surface area contributed by atoms with Crippen molar-refractivity contribution < 1.29 is 0 Å². The Morgan fingerprint density at radius 2 is 1.43 bits per heavy atom. The van der Waals surface area contributed by atoms with Gasteiger partial charge in [-0.25, -0.2) is 0 Å². The van der Waals surface area contributed by atoms with Crippen molar-refractivity contribution in [2.45, 2.75) is 4.83 Å². The smallest absolute Gasteiger partial charge is 0.0664 e. The van der Waals surface area contributed by atoms with Crippen molar-refractivity contribution in [3.05, 3.63) is 83.2 Å². The van der Waals surface area contributed by atoms with Crippen LogP contribution in [-0.2, 0) is 0 Å². The molecule has 3 aromatic carbocycles. The highest BCUT2D eigenvalue weighted by Gasteiger charge is 2.16. The van der Waals surface area contributed by atoms with Gasteiger partial charge in [-0.1, -0.05) is 76.6 Å². The van der Waals surface area contributed by atoms with Crippen LogP contribution in [0.3, 0.4) is 0 Å². The largest absolute Gasteiger partial charge is 0.143 e. The van der Waals surface area contributed by atoms with Gasteiger partial charge in [-0.05, 0) is 38.7 Å². The molecule has 2 heteroatoms. The van der Waals surface area contributed by atoms with Gasteiger partial charge in [0.05, 0.1) is 4.83 Å². The molecule has 0 saturated heterocycles. The second-order valence-electron chi connectivity index (χ2n) is 5.12. The summed E-state index contributed by atoms with van der Waals surface area (Å²) < 4.78 is 1.34. The molecule has 0 aliphatic heterocycles. The van der Waals surface area contributed by atoms with Crippen molar-refractivity contribution in [3.8, 4) is 0 Å². The summed E-state index contributed by atoms with van der Waals surface area (Å²) in [6.07, 6.45) is 0. The van der Waals surface area contributed by atoms with E-state index in [0.29, 0.717) is 0 Å². The van der Waals surface area contributed by atoms with E-state index in [9.17, 15) is 0 Å². The summed E-state index contributed by atoms with van der Waals surface area (Å²) in [6, 6.07) is 23.7. The molecule has 1 atom stereocenters. The predicted octanol–water partition coefficient (Wildman–Crippen LogP) is 6.54. The van der Waals surface area contributed by atoms with Crippen molar-refractivity contribution in [3.63, 3.8) is 0 Å². The Kier molecular flexibility index (Phi) is 3.28. The normalized spacial score (nSPS) is 12.8. The van der Waals surface area contributed by atoms with Crippen LogP contribution >= 0.6 is 27.3 Å². The summed E-state index contributed by atoms with van der Waals surface area (Å²) in [5.41, 5.74) is 2.68.